The van der Waals surface area contributed by atoms with Crippen LogP contribution in [-0.2, 0) is 11.2 Å². The highest BCUT2D eigenvalue weighted by Gasteiger charge is 2.36. The van der Waals surface area contributed by atoms with Crippen molar-refractivity contribution in [1.82, 2.24) is 10.3 Å². The smallest absolute Gasteiger partial charge is 0.0832 e. The van der Waals surface area contributed by atoms with Gasteiger partial charge in [-0.15, -0.1) is 0 Å². The number of aromatic nitrogens is 1. The van der Waals surface area contributed by atoms with Crippen molar-refractivity contribution in [2.45, 2.75) is 65.0 Å². The fraction of sp³-hybridized carbons (Fsp3) is 0.706. The van der Waals surface area contributed by atoms with Gasteiger partial charge >= 0.3 is 0 Å². The summed E-state index contributed by atoms with van der Waals surface area (Å²) in [5, 5.41) is 3.69. The minimum absolute atomic E-state index is 0.0836. The molecule has 1 N–H and O–H groups in total. The topological polar surface area (TPSA) is 34.2 Å². The maximum atomic E-state index is 6.18. The number of hydrogen-bond acceptors (Lipinski definition) is 3. The summed E-state index contributed by atoms with van der Waals surface area (Å²) in [6.45, 7) is 10.5. The molecule has 1 atom stereocenters. The van der Waals surface area contributed by atoms with Crippen LogP contribution in [0.5, 0.6) is 0 Å². The second kappa shape index (κ2) is 9.09. The van der Waals surface area contributed by atoms with E-state index in [9.17, 15) is 0 Å². The average Bonchev–Trinajstić information content (AvgIpc) is 2.50. The van der Waals surface area contributed by atoms with Crippen LogP contribution in [0.4, 0.5) is 0 Å². The molecule has 1 heterocycles. The van der Waals surface area contributed by atoms with Crippen LogP contribution in [0, 0.1) is 0 Å². The van der Waals surface area contributed by atoms with Crippen molar-refractivity contribution >= 4 is 0 Å². The van der Waals surface area contributed by atoms with E-state index in [0.717, 1.165) is 38.8 Å². The summed E-state index contributed by atoms with van der Waals surface area (Å²) in [4.78, 5) is 4.23. The second-order valence-electron chi connectivity index (χ2n) is 5.28. The normalized spacial score (nSPS) is 13.4. The first kappa shape index (κ1) is 17.1. The van der Waals surface area contributed by atoms with Gasteiger partial charge in [-0.1, -0.05) is 26.8 Å². The molecular weight excluding hydrogens is 248 g/mol. The van der Waals surface area contributed by atoms with Gasteiger partial charge in [0, 0.05) is 25.0 Å². The fourth-order valence-corrected chi connectivity index (χ4v) is 2.85. The minimum Gasteiger partial charge on any atom is -0.374 e. The average molecular weight is 278 g/mol. The Balaban J connectivity index is 2.90. The van der Waals surface area contributed by atoms with Crippen LogP contribution in [0.1, 0.15) is 52.5 Å². The van der Waals surface area contributed by atoms with Crippen molar-refractivity contribution in [3.05, 3.63) is 30.1 Å². The van der Waals surface area contributed by atoms with Crippen LogP contribution >= 0.6 is 0 Å². The highest BCUT2D eigenvalue weighted by atomic mass is 16.5. The maximum Gasteiger partial charge on any atom is 0.0832 e. The minimum atomic E-state index is -0.0836. The fourth-order valence-electron chi connectivity index (χ4n) is 2.85. The Morgan fingerprint density at radius 1 is 1.25 bits per heavy atom. The molecule has 0 saturated heterocycles. The Hall–Kier alpha value is -0.930. The summed E-state index contributed by atoms with van der Waals surface area (Å²) in [5.41, 5.74) is 1.19. The molecule has 0 aliphatic heterocycles. The van der Waals surface area contributed by atoms with Gasteiger partial charge in [0.25, 0.3) is 0 Å². The van der Waals surface area contributed by atoms with Gasteiger partial charge in [0.15, 0.2) is 0 Å². The van der Waals surface area contributed by atoms with Crippen molar-refractivity contribution in [3.8, 4) is 0 Å². The van der Waals surface area contributed by atoms with E-state index >= 15 is 0 Å². The lowest BCUT2D eigenvalue weighted by molar-refractivity contribution is -0.0718. The number of rotatable bonds is 10. The molecule has 0 radical (unpaired) electrons. The van der Waals surface area contributed by atoms with Gasteiger partial charge in [0.2, 0.25) is 0 Å². The molecule has 0 saturated carbocycles. The molecule has 20 heavy (non-hydrogen) atoms. The number of nitrogens with zero attached hydrogens (tertiary/aromatic N) is 1. The SMILES string of the molecule is CCCNC(Cc1cccnc1)C(CC)(CC)OCC. The van der Waals surface area contributed by atoms with Gasteiger partial charge in [0.1, 0.15) is 0 Å². The van der Waals surface area contributed by atoms with Crippen LogP contribution in [0.25, 0.3) is 0 Å². The molecular formula is C17H30N2O. The lowest BCUT2D eigenvalue weighted by atomic mass is 9.84. The predicted molar refractivity (Wildman–Crippen MR) is 85.0 cm³/mol. The van der Waals surface area contributed by atoms with Gasteiger partial charge in [-0.25, -0.2) is 0 Å². The number of nitrogens with one attached hydrogen (secondary N) is 1. The van der Waals surface area contributed by atoms with Crippen molar-refractivity contribution in [3.63, 3.8) is 0 Å². The van der Waals surface area contributed by atoms with Crippen LogP contribution in [0.2, 0.25) is 0 Å². The van der Waals surface area contributed by atoms with Crippen molar-refractivity contribution in [1.29, 1.82) is 0 Å². The molecule has 0 fully saturated rings. The molecule has 0 aliphatic rings. The third-order valence-corrected chi connectivity index (χ3v) is 4.07. The Kier molecular flexibility index (Phi) is 7.78. The molecule has 0 aromatic carbocycles. The molecule has 3 heteroatoms. The predicted octanol–water partition coefficient (Wildman–Crippen LogP) is 3.59. The van der Waals surface area contributed by atoms with Gasteiger partial charge in [-0.05, 0) is 50.8 Å². The highest BCUT2D eigenvalue weighted by Crippen LogP contribution is 2.27. The quantitative estimate of drug-likeness (QED) is 0.710. The van der Waals surface area contributed by atoms with Crippen LogP contribution < -0.4 is 5.32 Å². The zero-order valence-electron chi connectivity index (χ0n) is 13.5. The maximum absolute atomic E-state index is 6.18. The zero-order valence-corrected chi connectivity index (χ0v) is 13.5. The number of pyridine rings is 1. The van der Waals surface area contributed by atoms with Gasteiger partial charge < -0.3 is 10.1 Å². The van der Waals surface area contributed by atoms with E-state index in [1.54, 1.807) is 0 Å². The Morgan fingerprint density at radius 3 is 2.50 bits per heavy atom. The third-order valence-electron chi connectivity index (χ3n) is 4.07. The standard InChI is InChI=1S/C17H30N2O/c1-5-11-19-16(13-15-10-9-12-18-14-15)17(6-2,7-3)20-8-4/h9-10,12,14,16,19H,5-8,11,13H2,1-4H3. The van der Waals surface area contributed by atoms with E-state index in [1.165, 1.54) is 5.56 Å². The summed E-state index contributed by atoms with van der Waals surface area (Å²) in [6, 6.07) is 4.49. The first-order chi connectivity index (χ1) is 9.72. The Labute approximate surface area is 124 Å². The zero-order chi connectivity index (χ0) is 14.8. The summed E-state index contributed by atoms with van der Waals surface area (Å²) >= 11 is 0. The Bertz CT molecular complexity index is 349. The van der Waals surface area contributed by atoms with E-state index in [1.807, 2.05) is 18.5 Å². The van der Waals surface area contributed by atoms with Gasteiger partial charge in [0.05, 0.1) is 5.60 Å². The van der Waals surface area contributed by atoms with E-state index in [0.29, 0.717) is 6.04 Å². The monoisotopic (exact) mass is 278 g/mol. The number of hydrogen-bond donors (Lipinski definition) is 1. The summed E-state index contributed by atoms with van der Waals surface area (Å²) in [7, 11) is 0. The first-order valence-electron chi connectivity index (χ1n) is 7.98. The lowest BCUT2D eigenvalue weighted by Crippen LogP contribution is -2.53. The van der Waals surface area contributed by atoms with E-state index in [2.05, 4.69) is 44.1 Å². The molecule has 0 bridgehead atoms. The highest BCUT2D eigenvalue weighted by molar-refractivity contribution is 5.12. The first-order valence-corrected chi connectivity index (χ1v) is 7.98. The number of ether oxygens (including phenoxy) is 1. The van der Waals surface area contributed by atoms with E-state index in [4.69, 9.17) is 4.74 Å². The third kappa shape index (κ3) is 4.57. The summed E-state index contributed by atoms with van der Waals surface area (Å²) in [6.07, 6.45) is 7.95. The molecule has 114 valence electrons. The van der Waals surface area contributed by atoms with Crippen LogP contribution in [0.3, 0.4) is 0 Å². The second-order valence-corrected chi connectivity index (χ2v) is 5.28. The van der Waals surface area contributed by atoms with Crippen molar-refractivity contribution < 1.29 is 4.74 Å². The van der Waals surface area contributed by atoms with Gasteiger partial charge in [-0.2, -0.15) is 0 Å². The summed E-state index contributed by atoms with van der Waals surface area (Å²) < 4.78 is 6.18. The van der Waals surface area contributed by atoms with Crippen molar-refractivity contribution in [2.75, 3.05) is 13.2 Å². The largest absolute Gasteiger partial charge is 0.374 e. The van der Waals surface area contributed by atoms with E-state index in [-0.39, 0.29) is 5.60 Å². The van der Waals surface area contributed by atoms with Gasteiger partial charge in [-0.3, -0.25) is 4.98 Å². The molecule has 3 nitrogen and oxygen atoms in total. The van der Waals surface area contributed by atoms with Crippen LogP contribution in [-0.4, -0.2) is 29.8 Å². The van der Waals surface area contributed by atoms with Crippen molar-refractivity contribution in [2.24, 2.45) is 0 Å². The molecule has 1 unspecified atom stereocenters. The Morgan fingerprint density at radius 2 is 2.00 bits per heavy atom. The molecule has 1 aromatic rings. The molecule has 1 rings (SSSR count). The lowest BCUT2D eigenvalue weighted by Gasteiger charge is -2.40. The molecule has 0 spiro atoms. The van der Waals surface area contributed by atoms with E-state index < -0.39 is 0 Å². The molecule has 0 amide bonds. The van der Waals surface area contributed by atoms with Crippen LogP contribution in [0.15, 0.2) is 24.5 Å². The summed E-state index contributed by atoms with van der Waals surface area (Å²) in [5.74, 6) is 0. The molecule has 1 aromatic heterocycles. The molecule has 0 aliphatic carbocycles.